The highest BCUT2D eigenvalue weighted by Gasteiger charge is 2.24. The van der Waals surface area contributed by atoms with Gasteiger partial charge in [-0.1, -0.05) is 19.1 Å². The van der Waals surface area contributed by atoms with Crippen LogP contribution in [0, 0.1) is 19.8 Å². The van der Waals surface area contributed by atoms with Gasteiger partial charge in [0.1, 0.15) is 0 Å². The number of carbonyl (C=O) groups is 1. The van der Waals surface area contributed by atoms with Crippen molar-refractivity contribution in [2.75, 3.05) is 0 Å². The lowest BCUT2D eigenvalue weighted by atomic mass is 10.0. The van der Waals surface area contributed by atoms with E-state index in [1.807, 2.05) is 64.1 Å². The Morgan fingerprint density at radius 2 is 1.46 bits per heavy atom. The molecular weight excluding hydrogens is 300 g/mol. The molecule has 0 aliphatic rings. The normalized spacial score (nSPS) is 13.4. The first-order valence-electron chi connectivity index (χ1n) is 8.26. The third-order valence-electron chi connectivity index (χ3n) is 4.09. The average Bonchev–Trinajstić information content (AvgIpc) is 2.53. The second-order valence-corrected chi connectivity index (χ2v) is 6.38. The van der Waals surface area contributed by atoms with Gasteiger partial charge in [-0.25, -0.2) is 0 Å². The van der Waals surface area contributed by atoms with E-state index in [1.54, 1.807) is 4.90 Å². The summed E-state index contributed by atoms with van der Waals surface area (Å²) in [6.45, 7) is 8.52. The van der Waals surface area contributed by atoms with Crippen molar-refractivity contribution in [1.82, 2.24) is 14.9 Å². The van der Waals surface area contributed by atoms with Crippen molar-refractivity contribution in [2.45, 2.75) is 46.8 Å². The maximum atomic E-state index is 12.9. The molecule has 0 saturated carbocycles. The second-order valence-electron chi connectivity index (χ2n) is 6.38. The van der Waals surface area contributed by atoms with Gasteiger partial charge in [0.2, 0.25) is 5.91 Å². The van der Waals surface area contributed by atoms with E-state index in [9.17, 15) is 4.79 Å². The van der Waals surface area contributed by atoms with Crippen LogP contribution in [0.3, 0.4) is 0 Å². The summed E-state index contributed by atoms with van der Waals surface area (Å²) in [6, 6.07) is 11.5. The lowest BCUT2D eigenvalue weighted by molar-refractivity contribution is -0.136. The summed E-state index contributed by atoms with van der Waals surface area (Å²) in [5, 5.41) is 0. The van der Waals surface area contributed by atoms with Gasteiger partial charge in [-0.2, -0.15) is 0 Å². The van der Waals surface area contributed by atoms with Gasteiger partial charge in [-0.3, -0.25) is 14.8 Å². The van der Waals surface area contributed by atoms with Crippen LogP contribution in [-0.4, -0.2) is 26.8 Å². The fourth-order valence-corrected chi connectivity index (χ4v) is 2.49. The second kappa shape index (κ2) is 8.02. The number of nitrogens with two attached hydrogens (primary N) is 1. The van der Waals surface area contributed by atoms with Crippen LogP contribution in [-0.2, 0) is 17.9 Å². The highest BCUT2D eigenvalue weighted by molar-refractivity contribution is 5.79. The van der Waals surface area contributed by atoms with Gasteiger partial charge < -0.3 is 10.6 Å². The molecule has 2 N–H and O–H groups in total. The fraction of sp³-hybridized carbons (Fsp3) is 0.421. The molecule has 2 unspecified atom stereocenters. The first-order valence-corrected chi connectivity index (χ1v) is 8.26. The van der Waals surface area contributed by atoms with E-state index in [1.165, 1.54) is 0 Å². The molecular formula is C19H26N4O. The van der Waals surface area contributed by atoms with E-state index in [0.29, 0.717) is 13.1 Å². The van der Waals surface area contributed by atoms with E-state index in [0.717, 1.165) is 22.8 Å². The molecule has 0 fully saturated rings. The van der Waals surface area contributed by atoms with Gasteiger partial charge >= 0.3 is 0 Å². The molecule has 0 spiro atoms. The van der Waals surface area contributed by atoms with E-state index in [-0.39, 0.29) is 17.9 Å². The minimum atomic E-state index is -0.250. The van der Waals surface area contributed by atoms with Gasteiger partial charge in [0, 0.05) is 17.4 Å². The monoisotopic (exact) mass is 326 g/mol. The van der Waals surface area contributed by atoms with Crippen molar-refractivity contribution in [1.29, 1.82) is 0 Å². The Morgan fingerprint density at radius 1 is 1.00 bits per heavy atom. The molecule has 0 radical (unpaired) electrons. The lowest BCUT2D eigenvalue weighted by Gasteiger charge is -2.27. The van der Waals surface area contributed by atoms with Gasteiger partial charge in [-0.15, -0.1) is 0 Å². The van der Waals surface area contributed by atoms with Crippen molar-refractivity contribution >= 4 is 5.91 Å². The number of nitrogens with zero attached hydrogens (tertiary/aromatic N) is 3. The Balaban J connectivity index is 2.25. The van der Waals surface area contributed by atoms with Crippen LogP contribution >= 0.6 is 0 Å². The van der Waals surface area contributed by atoms with Crippen LogP contribution in [0.2, 0.25) is 0 Å². The number of carbonyl (C=O) groups excluding carboxylic acids is 1. The number of hydrogen-bond donors (Lipinski definition) is 1. The number of aromatic nitrogens is 2. The number of pyridine rings is 2. The predicted molar refractivity (Wildman–Crippen MR) is 95.0 cm³/mol. The van der Waals surface area contributed by atoms with Crippen LogP contribution in [0.15, 0.2) is 36.4 Å². The van der Waals surface area contributed by atoms with E-state index < -0.39 is 0 Å². The van der Waals surface area contributed by atoms with Crippen LogP contribution < -0.4 is 5.73 Å². The summed E-state index contributed by atoms with van der Waals surface area (Å²) < 4.78 is 0. The standard InChI is InChI=1S/C19H26N4O/c1-13-7-5-9-17(21-13)11-23(19(24)15(3)16(4)20)12-18-10-6-8-14(2)22-18/h5-10,15-16H,11-12,20H2,1-4H3. The summed E-state index contributed by atoms with van der Waals surface area (Å²) in [5.41, 5.74) is 9.55. The molecule has 0 bridgehead atoms. The summed E-state index contributed by atoms with van der Waals surface area (Å²) in [7, 11) is 0. The van der Waals surface area contributed by atoms with Crippen molar-refractivity contribution in [3.8, 4) is 0 Å². The summed E-state index contributed by atoms with van der Waals surface area (Å²) in [6.07, 6.45) is 0. The molecule has 2 heterocycles. The number of rotatable bonds is 6. The molecule has 24 heavy (non-hydrogen) atoms. The number of amides is 1. The summed E-state index contributed by atoms with van der Waals surface area (Å²) >= 11 is 0. The Bertz CT molecular complexity index is 652. The van der Waals surface area contributed by atoms with Crippen LogP contribution in [0.5, 0.6) is 0 Å². The van der Waals surface area contributed by atoms with Crippen molar-refractivity contribution < 1.29 is 4.79 Å². The fourth-order valence-electron chi connectivity index (χ4n) is 2.49. The van der Waals surface area contributed by atoms with Crippen LogP contribution in [0.1, 0.15) is 36.6 Å². The zero-order valence-electron chi connectivity index (χ0n) is 14.9. The molecule has 0 aromatic carbocycles. The van der Waals surface area contributed by atoms with Crippen molar-refractivity contribution in [3.63, 3.8) is 0 Å². The minimum absolute atomic E-state index is 0.0246. The summed E-state index contributed by atoms with van der Waals surface area (Å²) in [5.74, 6) is -0.226. The lowest BCUT2D eigenvalue weighted by Crippen LogP contribution is -2.41. The maximum absolute atomic E-state index is 12.9. The highest BCUT2D eigenvalue weighted by Crippen LogP contribution is 2.14. The smallest absolute Gasteiger partial charge is 0.227 e. The molecule has 1 amide bonds. The van der Waals surface area contributed by atoms with Gasteiger partial charge in [0.05, 0.1) is 30.4 Å². The molecule has 2 aromatic rings. The Kier molecular flexibility index (Phi) is 6.04. The molecule has 0 aliphatic heterocycles. The van der Waals surface area contributed by atoms with E-state index in [4.69, 9.17) is 5.73 Å². The molecule has 128 valence electrons. The first kappa shape index (κ1) is 18.1. The van der Waals surface area contributed by atoms with Gasteiger partial charge in [-0.05, 0) is 45.0 Å². The number of aryl methyl sites for hydroxylation is 2. The molecule has 2 atom stereocenters. The molecule has 0 aliphatic carbocycles. The predicted octanol–water partition coefficient (Wildman–Crippen LogP) is 2.61. The van der Waals surface area contributed by atoms with E-state index >= 15 is 0 Å². The van der Waals surface area contributed by atoms with Crippen LogP contribution in [0.4, 0.5) is 0 Å². The Morgan fingerprint density at radius 3 is 1.83 bits per heavy atom. The largest absolute Gasteiger partial charge is 0.331 e. The quantitative estimate of drug-likeness (QED) is 0.885. The third-order valence-corrected chi connectivity index (χ3v) is 4.09. The molecule has 5 heteroatoms. The molecule has 2 rings (SSSR count). The zero-order valence-corrected chi connectivity index (χ0v) is 14.9. The Labute approximate surface area is 143 Å². The Hall–Kier alpha value is -2.27. The van der Waals surface area contributed by atoms with Gasteiger partial charge in [0.15, 0.2) is 0 Å². The maximum Gasteiger partial charge on any atom is 0.227 e. The average molecular weight is 326 g/mol. The molecule has 0 saturated heterocycles. The molecule has 2 aromatic heterocycles. The van der Waals surface area contributed by atoms with E-state index in [2.05, 4.69) is 9.97 Å². The number of hydrogen-bond acceptors (Lipinski definition) is 4. The minimum Gasteiger partial charge on any atom is -0.331 e. The molecule has 5 nitrogen and oxygen atoms in total. The topological polar surface area (TPSA) is 72.1 Å². The zero-order chi connectivity index (χ0) is 17.7. The first-order chi connectivity index (χ1) is 11.4. The van der Waals surface area contributed by atoms with Crippen molar-refractivity contribution in [2.24, 2.45) is 11.7 Å². The van der Waals surface area contributed by atoms with Crippen molar-refractivity contribution in [3.05, 3.63) is 59.2 Å². The highest BCUT2D eigenvalue weighted by atomic mass is 16.2. The SMILES string of the molecule is Cc1cccc(CN(Cc2cccc(C)n2)C(=O)C(C)C(C)N)n1. The summed E-state index contributed by atoms with van der Waals surface area (Å²) in [4.78, 5) is 23.7. The van der Waals surface area contributed by atoms with Gasteiger partial charge in [0.25, 0.3) is 0 Å². The van der Waals surface area contributed by atoms with Crippen LogP contribution in [0.25, 0.3) is 0 Å². The third kappa shape index (κ3) is 4.86.